The molecule has 0 radical (unpaired) electrons. The van der Waals surface area contributed by atoms with E-state index >= 15 is 0 Å². The van der Waals surface area contributed by atoms with Crippen molar-refractivity contribution >= 4 is 5.91 Å². The van der Waals surface area contributed by atoms with Crippen LogP contribution in [0.4, 0.5) is 0 Å². The fourth-order valence-corrected chi connectivity index (χ4v) is 1.04. The number of aliphatic hydroxyl groups excluding tert-OH is 1. The molecule has 0 aliphatic rings. The van der Waals surface area contributed by atoms with Gasteiger partial charge in [-0.3, -0.25) is 4.79 Å². The zero-order valence-corrected chi connectivity index (χ0v) is 9.55. The van der Waals surface area contributed by atoms with E-state index in [4.69, 9.17) is 5.11 Å². The second-order valence-electron chi connectivity index (χ2n) is 4.47. The molecule has 3 N–H and O–H groups in total. The van der Waals surface area contributed by atoms with Crippen molar-refractivity contribution in [2.24, 2.45) is 0 Å². The molecule has 0 aromatic carbocycles. The van der Waals surface area contributed by atoms with Gasteiger partial charge in [-0.2, -0.15) is 0 Å². The molecule has 0 rings (SSSR count). The largest absolute Gasteiger partial charge is 0.395 e. The van der Waals surface area contributed by atoms with Gasteiger partial charge in [0.05, 0.1) is 13.2 Å². The van der Waals surface area contributed by atoms with Crippen LogP contribution in [0, 0.1) is 0 Å². The molecular formula is C10H22N2O2. The topological polar surface area (TPSA) is 61.4 Å². The number of carbonyl (C=O) groups is 1. The zero-order valence-electron chi connectivity index (χ0n) is 9.55. The smallest absolute Gasteiger partial charge is 0.234 e. The van der Waals surface area contributed by atoms with Crippen molar-refractivity contribution in [3.63, 3.8) is 0 Å². The van der Waals surface area contributed by atoms with Crippen LogP contribution >= 0.6 is 0 Å². The lowest BCUT2D eigenvalue weighted by molar-refractivity contribution is -0.121. The van der Waals surface area contributed by atoms with Gasteiger partial charge in [0.2, 0.25) is 5.91 Å². The first kappa shape index (κ1) is 13.4. The van der Waals surface area contributed by atoms with Gasteiger partial charge in [-0.25, -0.2) is 0 Å². The van der Waals surface area contributed by atoms with Crippen molar-refractivity contribution in [1.82, 2.24) is 10.6 Å². The summed E-state index contributed by atoms with van der Waals surface area (Å²) in [7, 11) is 0. The van der Waals surface area contributed by atoms with E-state index in [0.717, 1.165) is 6.42 Å². The van der Waals surface area contributed by atoms with Gasteiger partial charge in [0, 0.05) is 11.6 Å². The van der Waals surface area contributed by atoms with Gasteiger partial charge in [0.25, 0.3) is 0 Å². The van der Waals surface area contributed by atoms with Crippen LogP contribution < -0.4 is 10.6 Å². The minimum atomic E-state index is -0.195. The number of carbonyl (C=O) groups excluding carboxylic acids is 1. The summed E-state index contributed by atoms with van der Waals surface area (Å²) in [5.74, 6) is -0.0376. The van der Waals surface area contributed by atoms with E-state index in [2.05, 4.69) is 10.6 Å². The summed E-state index contributed by atoms with van der Waals surface area (Å²) >= 11 is 0. The highest BCUT2D eigenvalue weighted by atomic mass is 16.3. The molecular weight excluding hydrogens is 180 g/mol. The van der Waals surface area contributed by atoms with Crippen LogP contribution in [0.25, 0.3) is 0 Å². The third kappa shape index (κ3) is 6.86. The molecule has 0 aromatic heterocycles. The van der Waals surface area contributed by atoms with Crippen LogP contribution in [-0.2, 0) is 4.79 Å². The molecule has 0 saturated heterocycles. The van der Waals surface area contributed by atoms with Crippen LogP contribution in [0.3, 0.4) is 0 Å². The Balaban J connectivity index is 3.74. The number of hydrogen-bond acceptors (Lipinski definition) is 3. The lowest BCUT2D eigenvalue weighted by atomic mass is 10.1. The maximum Gasteiger partial charge on any atom is 0.234 e. The molecule has 84 valence electrons. The first-order valence-electron chi connectivity index (χ1n) is 5.04. The summed E-state index contributed by atoms with van der Waals surface area (Å²) in [6.45, 7) is 8.11. The van der Waals surface area contributed by atoms with Gasteiger partial charge in [0.1, 0.15) is 0 Å². The molecule has 0 aliphatic heterocycles. The molecule has 0 saturated carbocycles. The van der Waals surface area contributed by atoms with Crippen molar-refractivity contribution in [3.05, 3.63) is 0 Å². The van der Waals surface area contributed by atoms with Gasteiger partial charge in [-0.1, -0.05) is 6.92 Å². The Hall–Kier alpha value is -0.610. The molecule has 4 heteroatoms. The molecule has 0 heterocycles. The quantitative estimate of drug-likeness (QED) is 0.599. The number of rotatable bonds is 5. The summed E-state index contributed by atoms with van der Waals surface area (Å²) in [6, 6.07) is 0.0146. The van der Waals surface area contributed by atoms with Crippen molar-refractivity contribution in [3.8, 4) is 0 Å². The molecule has 14 heavy (non-hydrogen) atoms. The van der Waals surface area contributed by atoms with E-state index in [-0.39, 0.29) is 30.6 Å². The Labute approximate surface area is 86.1 Å². The van der Waals surface area contributed by atoms with Gasteiger partial charge in [0.15, 0.2) is 0 Å². The van der Waals surface area contributed by atoms with E-state index in [0.29, 0.717) is 0 Å². The summed E-state index contributed by atoms with van der Waals surface area (Å²) in [6.07, 6.45) is 0.819. The molecule has 1 unspecified atom stereocenters. The van der Waals surface area contributed by atoms with Crippen molar-refractivity contribution < 1.29 is 9.90 Å². The fraction of sp³-hybridized carbons (Fsp3) is 0.900. The third-order valence-electron chi connectivity index (χ3n) is 1.78. The van der Waals surface area contributed by atoms with Crippen molar-refractivity contribution in [2.75, 3.05) is 13.2 Å². The average Bonchev–Trinajstić information content (AvgIpc) is 2.03. The molecule has 1 atom stereocenters. The lowest BCUT2D eigenvalue weighted by Crippen LogP contribution is -2.47. The molecule has 0 bridgehead atoms. The van der Waals surface area contributed by atoms with E-state index in [1.807, 2.05) is 27.7 Å². The Bertz CT molecular complexity index is 171. The maximum absolute atomic E-state index is 11.3. The number of hydrogen-bond donors (Lipinski definition) is 3. The SMILES string of the molecule is CCC(CO)NCC(=O)NC(C)(C)C. The fourth-order valence-electron chi connectivity index (χ4n) is 1.04. The van der Waals surface area contributed by atoms with E-state index < -0.39 is 0 Å². The Kier molecular flexibility index (Phi) is 5.72. The van der Waals surface area contributed by atoms with E-state index in [9.17, 15) is 4.79 Å². The molecule has 0 spiro atoms. The zero-order chi connectivity index (χ0) is 11.2. The Morgan fingerprint density at radius 1 is 1.43 bits per heavy atom. The first-order chi connectivity index (χ1) is 6.39. The summed E-state index contributed by atoms with van der Waals surface area (Å²) in [5.41, 5.74) is -0.195. The Morgan fingerprint density at radius 2 is 2.00 bits per heavy atom. The highest BCUT2D eigenvalue weighted by Crippen LogP contribution is 1.97. The van der Waals surface area contributed by atoms with Gasteiger partial charge in [-0.05, 0) is 27.2 Å². The van der Waals surface area contributed by atoms with Gasteiger partial charge in [-0.15, -0.1) is 0 Å². The molecule has 0 fully saturated rings. The normalized spacial score (nSPS) is 13.8. The number of aliphatic hydroxyl groups is 1. The monoisotopic (exact) mass is 202 g/mol. The van der Waals surface area contributed by atoms with Crippen LogP contribution in [0.15, 0.2) is 0 Å². The van der Waals surface area contributed by atoms with Gasteiger partial charge >= 0.3 is 0 Å². The summed E-state index contributed by atoms with van der Waals surface area (Å²) < 4.78 is 0. The van der Waals surface area contributed by atoms with E-state index in [1.165, 1.54) is 0 Å². The highest BCUT2D eigenvalue weighted by molar-refractivity contribution is 5.78. The molecule has 0 aliphatic carbocycles. The number of amides is 1. The van der Waals surface area contributed by atoms with Crippen LogP contribution in [0.1, 0.15) is 34.1 Å². The minimum Gasteiger partial charge on any atom is -0.395 e. The minimum absolute atomic E-state index is 0.0146. The first-order valence-corrected chi connectivity index (χ1v) is 5.04. The molecule has 4 nitrogen and oxygen atoms in total. The number of nitrogens with one attached hydrogen (secondary N) is 2. The lowest BCUT2D eigenvalue weighted by Gasteiger charge is -2.21. The maximum atomic E-state index is 11.3. The van der Waals surface area contributed by atoms with E-state index in [1.54, 1.807) is 0 Å². The second kappa shape index (κ2) is 5.98. The second-order valence-corrected chi connectivity index (χ2v) is 4.47. The van der Waals surface area contributed by atoms with Gasteiger partial charge < -0.3 is 15.7 Å². The summed E-state index contributed by atoms with van der Waals surface area (Å²) in [5, 5.41) is 14.7. The summed E-state index contributed by atoms with van der Waals surface area (Å²) in [4.78, 5) is 11.3. The molecule has 1 amide bonds. The Morgan fingerprint density at radius 3 is 2.36 bits per heavy atom. The average molecular weight is 202 g/mol. The van der Waals surface area contributed by atoms with Crippen molar-refractivity contribution in [2.45, 2.75) is 45.7 Å². The standard InChI is InChI=1S/C10H22N2O2/c1-5-8(7-13)11-6-9(14)12-10(2,3)4/h8,11,13H,5-7H2,1-4H3,(H,12,14). The highest BCUT2D eigenvalue weighted by Gasteiger charge is 2.14. The van der Waals surface area contributed by atoms with Crippen molar-refractivity contribution in [1.29, 1.82) is 0 Å². The van der Waals surface area contributed by atoms with Crippen LogP contribution in [0.5, 0.6) is 0 Å². The predicted octanol–water partition coefficient (Wildman–Crippen LogP) is 0.262. The molecule has 0 aromatic rings. The van der Waals surface area contributed by atoms with Crippen LogP contribution in [-0.4, -0.2) is 35.7 Å². The predicted molar refractivity (Wildman–Crippen MR) is 57.1 cm³/mol. The third-order valence-corrected chi connectivity index (χ3v) is 1.78. The van der Waals surface area contributed by atoms with Crippen LogP contribution in [0.2, 0.25) is 0 Å².